The minimum atomic E-state index is -0.0736. The molecule has 1 amide bonds. The van der Waals surface area contributed by atoms with E-state index in [1.165, 1.54) is 0 Å². The van der Waals surface area contributed by atoms with Gasteiger partial charge < -0.3 is 15.4 Å². The molecule has 80 valence electrons. The van der Waals surface area contributed by atoms with Crippen molar-refractivity contribution in [2.75, 3.05) is 26.2 Å². The molecular weight excluding hydrogens is 180 g/mol. The van der Waals surface area contributed by atoms with E-state index in [0.29, 0.717) is 6.54 Å². The highest BCUT2D eigenvalue weighted by Crippen LogP contribution is 2.05. The number of hydrogen-bond donors (Lipinski definition) is 2. The van der Waals surface area contributed by atoms with Crippen LogP contribution >= 0.6 is 0 Å². The molecular formula is C10H18N2O2. The first-order chi connectivity index (χ1) is 6.83. The second-order valence-corrected chi connectivity index (χ2v) is 3.37. The van der Waals surface area contributed by atoms with E-state index in [9.17, 15) is 4.79 Å². The summed E-state index contributed by atoms with van der Waals surface area (Å²) in [6.07, 6.45) is 4.01. The van der Waals surface area contributed by atoms with Crippen LogP contribution in [-0.2, 0) is 9.53 Å². The maximum atomic E-state index is 11.1. The number of amides is 1. The van der Waals surface area contributed by atoms with Crippen molar-refractivity contribution < 1.29 is 9.53 Å². The van der Waals surface area contributed by atoms with Crippen LogP contribution in [0.25, 0.3) is 0 Å². The van der Waals surface area contributed by atoms with Crippen molar-refractivity contribution in [3.05, 3.63) is 12.7 Å². The molecule has 1 atom stereocenters. The highest BCUT2D eigenvalue weighted by Gasteiger charge is 2.14. The minimum Gasteiger partial charge on any atom is -0.367 e. The Morgan fingerprint density at radius 1 is 1.71 bits per heavy atom. The first kappa shape index (κ1) is 11.2. The van der Waals surface area contributed by atoms with Crippen molar-refractivity contribution in [1.29, 1.82) is 0 Å². The van der Waals surface area contributed by atoms with Crippen LogP contribution in [0.1, 0.15) is 12.8 Å². The number of hydrogen-bond acceptors (Lipinski definition) is 3. The van der Waals surface area contributed by atoms with Gasteiger partial charge in [0, 0.05) is 13.1 Å². The van der Waals surface area contributed by atoms with E-state index in [4.69, 9.17) is 4.74 Å². The molecule has 0 spiro atoms. The molecule has 1 saturated heterocycles. The zero-order valence-electron chi connectivity index (χ0n) is 8.42. The molecule has 1 heterocycles. The summed E-state index contributed by atoms with van der Waals surface area (Å²) < 4.78 is 5.43. The van der Waals surface area contributed by atoms with E-state index in [-0.39, 0.29) is 18.6 Å². The fourth-order valence-electron chi connectivity index (χ4n) is 1.39. The maximum absolute atomic E-state index is 11.1. The summed E-state index contributed by atoms with van der Waals surface area (Å²) in [6.45, 7) is 6.09. The number of rotatable bonds is 5. The van der Waals surface area contributed by atoms with Crippen LogP contribution in [0.3, 0.4) is 0 Å². The van der Waals surface area contributed by atoms with Gasteiger partial charge in [0.2, 0.25) is 5.91 Å². The van der Waals surface area contributed by atoms with Crippen LogP contribution in [-0.4, -0.2) is 38.3 Å². The van der Waals surface area contributed by atoms with Gasteiger partial charge in [0.1, 0.15) is 6.61 Å². The summed E-state index contributed by atoms with van der Waals surface area (Å²) in [5, 5.41) is 5.90. The van der Waals surface area contributed by atoms with Gasteiger partial charge in [-0.3, -0.25) is 4.79 Å². The van der Waals surface area contributed by atoms with Crippen LogP contribution in [0.2, 0.25) is 0 Å². The summed E-state index contributed by atoms with van der Waals surface area (Å²) in [6, 6.07) is 0. The summed E-state index contributed by atoms with van der Waals surface area (Å²) in [7, 11) is 0. The Labute approximate surface area is 84.7 Å². The number of nitrogens with one attached hydrogen (secondary N) is 2. The molecule has 1 aliphatic heterocycles. The molecule has 2 N–H and O–H groups in total. The molecule has 0 bridgehead atoms. The normalized spacial score (nSPS) is 21.6. The van der Waals surface area contributed by atoms with Gasteiger partial charge in [0.05, 0.1) is 6.10 Å². The minimum absolute atomic E-state index is 0.0736. The lowest BCUT2D eigenvalue weighted by atomic mass is 10.1. The summed E-state index contributed by atoms with van der Waals surface area (Å²) in [5.41, 5.74) is 0. The lowest BCUT2D eigenvalue weighted by Crippen LogP contribution is -2.38. The number of carbonyl (C=O) groups excluding carboxylic acids is 1. The van der Waals surface area contributed by atoms with Gasteiger partial charge in [0.15, 0.2) is 0 Å². The number of piperidine rings is 1. The first-order valence-corrected chi connectivity index (χ1v) is 5.03. The highest BCUT2D eigenvalue weighted by molar-refractivity contribution is 5.77. The lowest BCUT2D eigenvalue weighted by molar-refractivity contribution is -0.127. The van der Waals surface area contributed by atoms with E-state index in [2.05, 4.69) is 17.2 Å². The summed E-state index contributed by atoms with van der Waals surface area (Å²) >= 11 is 0. The zero-order valence-corrected chi connectivity index (χ0v) is 8.42. The van der Waals surface area contributed by atoms with Gasteiger partial charge >= 0.3 is 0 Å². The molecule has 4 nitrogen and oxygen atoms in total. The zero-order chi connectivity index (χ0) is 10.2. The van der Waals surface area contributed by atoms with Crippen LogP contribution in [0, 0.1) is 0 Å². The predicted octanol–water partition coefficient (Wildman–Crippen LogP) is 0.0572. The second kappa shape index (κ2) is 6.56. The van der Waals surface area contributed by atoms with E-state index in [1.807, 2.05) is 0 Å². The van der Waals surface area contributed by atoms with Gasteiger partial charge in [-0.1, -0.05) is 6.08 Å². The third-order valence-corrected chi connectivity index (χ3v) is 2.15. The molecule has 0 saturated carbocycles. The van der Waals surface area contributed by atoms with Gasteiger partial charge in [-0.05, 0) is 19.4 Å². The molecule has 0 aromatic heterocycles. The topological polar surface area (TPSA) is 50.4 Å². The van der Waals surface area contributed by atoms with Crippen LogP contribution in [0.4, 0.5) is 0 Å². The van der Waals surface area contributed by atoms with Crippen molar-refractivity contribution in [2.45, 2.75) is 18.9 Å². The third-order valence-electron chi connectivity index (χ3n) is 2.15. The molecule has 0 radical (unpaired) electrons. The van der Waals surface area contributed by atoms with E-state index in [1.54, 1.807) is 6.08 Å². The fraction of sp³-hybridized carbons (Fsp3) is 0.700. The van der Waals surface area contributed by atoms with Gasteiger partial charge in [-0.2, -0.15) is 0 Å². The van der Waals surface area contributed by atoms with Crippen molar-refractivity contribution in [3.63, 3.8) is 0 Å². The van der Waals surface area contributed by atoms with Crippen molar-refractivity contribution >= 4 is 5.91 Å². The van der Waals surface area contributed by atoms with Crippen molar-refractivity contribution in [1.82, 2.24) is 10.6 Å². The molecule has 0 aliphatic carbocycles. The quantitative estimate of drug-likeness (QED) is 0.614. The van der Waals surface area contributed by atoms with E-state index >= 15 is 0 Å². The Morgan fingerprint density at radius 2 is 2.57 bits per heavy atom. The highest BCUT2D eigenvalue weighted by atomic mass is 16.5. The third kappa shape index (κ3) is 4.39. The Kier molecular flexibility index (Phi) is 5.25. The first-order valence-electron chi connectivity index (χ1n) is 5.03. The molecule has 14 heavy (non-hydrogen) atoms. The lowest BCUT2D eigenvalue weighted by Gasteiger charge is -2.22. The summed E-state index contributed by atoms with van der Waals surface area (Å²) in [5.74, 6) is -0.0736. The van der Waals surface area contributed by atoms with Gasteiger partial charge in [0.25, 0.3) is 0 Å². The maximum Gasteiger partial charge on any atom is 0.246 e. The van der Waals surface area contributed by atoms with Crippen LogP contribution in [0.5, 0.6) is 0 Å². The molecule has 1 rings (SSSR count). The Morgan fingerprint density at radius 3 is 3.21 bits per heavy atom. The average molecular weight is 198 g/mol. The number of carbonyl (C=O) groups is 1. The molecule has 0 aromatic carbocycles. The van der Waals surface area contributed by atoms with Crippen molar-refractivity contribution in [2.24, 2.45) is 0 Å². The monoisotopic (exact) mass is 198 g/mol. The smallest absolute Gasteiger partial charge is 0.246 e. The fourth-order valence-corrected chi connectivity index (χ4v) is 1.39. The molecule has 1 unspecified atom stereocenters. The Hall–Kier alpha value is -0.870. The standard InChI is InChI=1S/C10H18N2O2/c1-2-5-12-10(13)8-14-9-4-3-6-11-7-9/h2,9,11H,1,3-8H2,(H,12,13). The second-order valence-electron chi connectivity index (χ2n) is 3.37. The number of ether oxygens (including phenoxy) is 1. The van der Waals surface area contributed by atoms with Crippen LogP contribution < -0.4 is 10.6 Å². The largest absolute Gasteiger partial charge is 0.367 e. The van der Waals surface area contributed by atoms with Crippen LogP contribution in [0.15, 0.2) is 12.7 Å². The van der Waals surface area contributed by atoms with E-state index < -0.39 is 0 Å². The average Bonchev–Trinajstić information content (AvgIpc) is 2.25. The predicted molar refractivity (Wildman–Crippen MR) is 55.1 cm³/mol. The molecule has 1 aliphatic rings. The van der Waals surface area contributed by atoms with Crippen molar-refractivity contribution in [3.8, 4) is 0 Å². The molecule has 4 heteroatoms. The van der Waals surface area contributed by atoms with Gasteiger partial charge in [-0.15, -0.1) is 6.58 Å². The SMILES string of the molecule is C=CCNC(=O)COC1CCCNC1. The van der Waals surface area contributed by atoms with E-state index in [0.717, 1.165) is 25.9 Å². The summed E-state index contributed by atoms with van der Waals surface area (Å²) in [4.78, 5) is 11.1. The Bertz CT molecular complexity index is 189. The van der Waals surface area contributed by atoms with Gasteiger partial charge in [-0.25, -0.2) is 0 Å². The molecule has 1 fully saturated rings. The molecule has 0 aromatic rings. The Balaban J connectivity index is 2.06.